The van der Waals surface area contributed by atoms with Crippen molar-refractivity contribution in [3.05, 3.63) is 97.2 Å². The van der Waals surface area contributed by atoms with Crippen LogP contribution < -0.4 is 5.32 Å². The maximum atomic E-state index is 12.9. The van der Waals surface area contributed by atoms with Gasteiger partial charge in [-0.15, -0.1) is 0 Å². The summed E-state index contributed by atoms with van der Waals surface area (Å²) < 4.78 is 23.5. The topological polar surface area (TPSA) is 105 Å². The van der Waals surface area contributed by atoms with Crippen molar-refractivity contribution in [3.63, 3.8) is 0 Å². The first-order chi connectivity index (χ1) is 29.5. The maximum absolute atomic E-state index is 12.9. The monoisotopic (exact) mass is 872 g/mol. The van der Waals surface area contributed by atoms with Crippen LogP contribution in [0, 0.1) is 0 Å². The summed E-state index contributed by atoms with van der Waals surface area (Å²) >= 11 is 0. The van der Waals surface area contributed by atoms with Gasteiger partial charge in [0.25, 0.3) is 0 Å². The first-order valence-electron chi connectivity index (χ1n) is 24.1. The molecular formula is C52H92N2O6P+. The molecule has 0 aliphatic carbocycles. The number of hydrogen-bond acceptors (Lipinski definition) is 5. The average molecular weight is 872 g/mol. The van der Waals surface area contributed by atoms with E-state index in [1.54, 1.807) is 6.08 Å². The highest BCUT2D eigenvalue weighted by Crippen LogP contribution is 2.43. The Morgan fingerprint density at radius 3 is 1.51 bits per heavy atom. The van der Waals surface area contributed by atoms with E-state index in [4.69, 9.17) is 9.05 Å². The van der Waals surface area contributed by atoms with Crippen LogP contribution in [-0.2, 0) is 18.4 Å². The van der Waals surface area contributed by atoms with Gasteiger partial charge in [0, 0.05) is 6.42 Å². The van der Waals surface area contributed by atoms with Crippen molar-refractivity contribution >= 4 is 13.7 Å². The van der Waals surface area contributed by atoms with E-state index in [0.717, 1.165) is 83.5 Å². The minimum atomic E-state index is -4.36. The summed E-state index contributed by atoms with van der Waals surface area (Å²) in [6.07, 6.45) is 60.6. The Balaban J connectivity index is 4.27. The van der Waals surface area contributed by atoms with Crippen molar-refractivity contribution in [2.45, 2.75) is 187 Å². The maximum Gasteiger partial charge on any atom is 0.472 e. The van der Waals surface area contributed by atoms with E-state index >= 15 is 0 Å². The minimum Gasteiger partial charge on any atom is -0.387 e. The van der Waals surface area contributed by atoms with Crippen molar-refractivity contribution in [3.8, 4) is 0 Å². The zero-order valence-corrected chi connectivity index (χ0v) is 40.5. The quantitative estimate of drug-likeness (QED) is 0.0244. The minimum absolute atomic E-state index is 0.0480. The van der Waals surface area contributed by atoms with Gasteiger partial charge in [-0.25, -0.2) is 4.57 Å². The molecule has 0 fully saturated rings. The van der Waals surface area contributed by atoms with Gasteiger partial charge in [0.1, 0.15) is 13.2 Å². The van der Waals surface area contributed by atoms with Gasteiger partial charge >= 0.3 is 7.82 Å². The summed E-state index contributed by atoms with van der Waals surface area (Å²) in [7, 11) is 1.53. The molecule has 0 aliphatic rings. The summed E-state index contributed by atoms with van der Waals surface area (Å²) in [6.45, 7) is 4.59. The number of amides is 1. The van der Waals surface area contributed by atoms with Gasteiger partial charge in [0.15, 0.2) is 0 Å². The molecule has 0 saturated carbocycles. The molecule has 9 heteroatoms. The fourth-order valence-corrected chi connectivity index (χ4v) is 6.94. The molecule has 0 aromatic rings. The van der Waals surface area contributed by atoms with Crippen LogP contribution in [0.25, 0.3) is 0 Å². The van der Waals surface area contributed by atoms with Gasteiger partial charge in [-0.05, 0) is 83.5 Å². The molecule has 0 bridgehead atoms. The van der Waals surface area contributed by atoms with E-state index in [2.05, 4.69) is 104 Å². The molecule has 0 aromatic heterocycles. The molecule has 8 nitrogen and oxygen atoms in total. The lowest BCUT2D eigenvalue weighted by atomic mass is 10.0. The first-order valence-corrected chi connectivity index (χ1v) is 25.6. The van der Waals surface area contributed by atoms with Gasteiger partial charge < -0.3 is 19.8 Å². The number of carbonyl (C=O) groups is 1. The third-order valence-electron chi connectivity index (χ3n) is 10.0. The lowest BCUT2D eigenvalue weighted by Gasteiger charge is -2.25. The number of unbranched alkanes of at least 4 members (excludes halogenated alkanes) is 15. The number of nitrogens with one attached hydrogen (secondary N) is 1. The van der Waals surface area contributed by atoms with E-state index in [9.17, 15) is 19.4 Å². The molecule has 61 heavy (non-hydrogen) atoms. The zero-order valence-electron chi connectivity index (χ0n) is 39.6. The number of aliphatic hydroxyl groups is 1. The predicted octanol–water partition coefficient (Wildman–Crippen LogP) is 13.9. The lowest BCUT2D eigenvalue weighted by molar-refractivity contribution is -0.870. The number of likely N-dealkylation sites (N-methyl/N-ethyl adjacent to an activating group) is 1. The molecule has 350 valence electrons. The van der Waals surface area contributed by atoms with Gasteiger partial charge in [0.2, 0.25) is 5.91 Å². The van der Waals surface area contributed by atoms with Crippen LogP contribution in [0.5, 0.6) is 0 Å². The van der Waals surface area contributed by atoms with E-state index in [-0.39, 0.29) is 19.1 Å². The molecule has 0 spiro atoms. The number of quaternary nitrogens is 1. The summed E-state index contributed by atoms with van der Waals surface area (Å²) in [5.41, 5.74) is 0. The number of allylic oxidation sites excluding steroid dienone is 15. The van der Waals surface area contributed by atoms with Crippen LogP contribution in [0.4, 0.5) is 0 Å². The fourth-order valence-electron chi connectivity index (χ4n) is 6.20. The van der Waals surface area contributed by atoms with E-state index in [0.29, 0.717) is 17.4 Å². The van der Waals surface area contributed by atoms with Crippen molar-refractivity contribution < 1.29 is 32.9 Å². The normalized spacial score (nSPS) is 15.1. The number of phosphoric ester groups is 1. The van der Waals surface area contributed by atoms with Crippen LogP contribution in [0.2, 0.25) is 0 Å². The second kappa shape index (κ2) is 42.7. The number of rotatable bonds is 42. The SMILES string of the molecule is CC/C=C\C/C=C\C/C=C\C/C=C\C/C=C\CCCCCCCCCCCCCC(=O)NC(COP(=O)(O)OCC[N+](C)(C)C)C(O)/C=C/CC/C=C/CC/C=C/CCCC. The molecule has 3 unspecified atom stereocenters. The van der Waals surface area contributed by atoms with Crippen molar-refractivity contribution in [2.24, 2.45) is 0 Å². The summed E-state index contributed by atoms with van der Waals surface area (Å²) in [5.74, 6) is -0.201. The van der Waals surface area contributed by atoms with Crippen LogP contribution in [0.3, 0.4) is 0 Å². The van der Waals surface area contributed by atoms with Crippen LogP contribution in [-0.4, -0.2) is 73.4 Å². The fraction of sp³-hybridized carbons (Fsp3) is 0.673. The number of phosphoric acid groups is 1. The van der Waals surface area contributed by atoms with Gasteiger partial charge in [-0.1, -0.05) is 182 Å². The Morgan fingerprint density at radius 1 is 0.574 bits per heavy atom. The molecule has 0 radical (unpaired) electrons. The smallest absolute Gasteiger partial charge is 0.387 e. The highest BCUT2D eigenvalue weighted by Gasteiger charge is 2.27. The number of nitrogens with zero attached hydrogens (tertiary/aromatic N) is 1. The molecule has 0 rings (SSSR count). The van der Waals surface area contributed by atoms with Crippen molar-refractivity contribution in [1.82, 2.24) is 5.32 Å². The lowest BCUT2D eigenvalue weighted by Crippen LogP contribution is -2.45. The predicted molar refractivity (Wildman–Crippen MR) is 262 cm³/mol. The summed E-state index contributed by atoms with van der Waals surface area (Å²) in [6, 6.07) is -0.876. The molecule has 3 N–H and O–H groups in total. The number of carbonyl (C=O) groups excluding carboxylic acids is 1. The standard InChI is InChI=1S/C52H91N2O6P/c1-6-8-10-12-14-16-18-20-21-22-23-24-25-26-27-28-29-30-31-32-33-34-36-38-40-42-44-46-52(56)53-50(49-60-61(57,58)59-48-47-54(3,4)5)51(55)45-43-41-39-37-35-19-17-15-13-11-9-7-2/h8,10,13-16,20-21,23-24,26-27,35,37,43,45,50-51,55H,6-7,9,11-12,17-19,22,25,28-34,36,38-42,44,46-49H2,1-5H3,(H-,53,56,57,58)/p+1/b10-8-,15-13+,16-14-,21-20-,24-23-,27-26-,37-35+,45-43+. The molecule has 0 aliphatic heterocycles. The molecule has 3 atom stereocenters. The Kier molecular flexibility index (Phi) is 40.9. The van der Waals surface area contributed by atoms with Crippen LogP contribution in [0.15, 0.2) is 97.2 Å². The average Bonchev–Trinajstić information content (AvgIpc) is 3.21. The molecule has 0 aromatic carbocycles. The van der Waals surface area contributed by atoms with Gasteiger partial charge in [0.05, 0.1) is 39.9 Å². The second-order valence-corrected chi connectivity index (χ2v) is 18.5. The van der Waals surface area contributed by atoms with Crippen LogP contribution >= 0.6 is 7.82 Å². The molecular weight excluding hydrogens is 780 g/mol. The highest BCUT2D eigenvalue weighted by atomic mass is 31.2. The summed E-state index contributed by atoms with van der Waals surface area (Å²) in [4.78, 5) is 23.1. The third-order valence-corrected chi connectivity index (χ3v) is 11.0. The van der Waals surface area contributed by atoms with Gasteiger partial charge in [-0.3, -0.25) is 13.8 Å². The highest BCUT2D eigenvalue weighted by molar-refractivity contribution is 7.47. The largest absolute Gasteiger partial charge is 0.472 e. The molecule has 0 heterocycles. The van der Waals surface area contributed by atoms with E-state index < -0.39 is 20.0 Å². The second-order valence-electron chi connectivity index (χ2n) is 17.1. The van der Waals surface area contributed by atoms with Crippen LogP contribution in [0.1, 0.15) is 174 Å². The van der Waals surface area contributed by atoms with Gasteiger partial charge in [-0.2, -0.15) is 0 Å². The summed E-state index contributed by atoms with van der Waals surface area (Å²) in [5, 5.41) is 13.8. The molecule has 1 amide bonds. The Labute approximate surface area is 375 Å². The van der Waals surface area contributed by atoms with E-state index in [1.165, 1.54) is 70.6 Å². The third kappa shape index (κ3) is 45.3. The number of hydrogen-bond donors (Lipinski definition) is 3. The zero-order chi connectivity index (χ0) is 45.0. The Hall–Kier alpha value is -2.58. The molecule has 0 saturated heterocycles. The van der Waals surface area contributed by atoms with Crippen molar-refractivity contribution in [1.29, 1.82) is 0 Å². The van der Waals surface area contributed by atoms with Crippen molar-refractivity contribution in [2.75, 3.05) is 40.9 Å². The first kappa shape index (κ1) is 58.4. The number of aliphatic hydroxyl groups excluding tert-OH is 1. The Morgan fingerprint density at radius 2 is 1.00 bits per heavy atom. The van der Waals surface area contributed by atoms with E-state index in [1.807, 2.05) is 27.2 Å². The Bertz CT molecular complexity index is 1310.